The number of halogens is 1. The maximum Gasteiger partial charge on any atom is 0.157 e. The van der Waals surface area contributed by atoms with Gasteiger partial charge >= 0.3 is 0 Å². The zero-order valence-corrected chi connectivity index (χ0v) is 13.2. The van der Waals surface area contributed by atoms with Crippen LogP contribution < -0.4 is 21.1 Å². The van der Waals surface area contributed by atoms with E-state index in [0.29, 0.717) is 17.4 Å². The van der Waals surface area contributed by atoms with Gasteiger partial charge in [0.1, 0.15) is 12.0 Å². The molecule has 2 unspecified atom stereocenters. The molecule has 0 radical (unpaired) electrons. The van der Waals surface area contributed by atoms with Crippen LogP contribution in [-0.2, 0) is 0 Å². The molecule has 0 aliphatic carbocycles. The molecule has 7 nitrogen and oxygen atoms in total. The summed E-state index contributed by atoms with van der Waals surface area (Å²) in [5.41, 5.74) is 7.45. The Kier molecular flexibility index (Phi) is 4.44. The lowest BCUT2D eigenvalue weighted by Gasteiger charge is -2.38. The highest BCUT2D eigenvalue weighted by atomic mass is 35.5. The molecule has 0 bridgehead atoms. The van der Waals surface area contributed by atoms with Gasteiger partial charge in [-0.25, -0.2) is 15.4 Å². The first-order valence-electron chi connectivity index (χ1n) is 7.37. The summed E-state index contributed by atoms with van der Waals surface area (Å²) in [7, 11) is 1.85. The monoisotopic (exact) mass is 311 g/mol. The van der Waals surface area contributed by atoms with Gasteiger partial charge in [0.2, 0.25) is 0 Å². The Labute approximate surface area is 130 Å². The number of aromatic nitrogens is 2. The lowest BCUT2D eigenvalue weighted by Crippen LogP contribution is -2.54. The molecule has 0 aromatic carbocycles. The molecule has 1 aromatic rings. The zero-order chi connectivity index (χ0) is 14.8. The first-order chi connectivity index (χ1) is 10.2. The SMILES string of the molecule is CNc1c(Cl)ncnc1N1CCN(C2CC(C)NN2)CC1. The number of rotatable bonds is 3. The van der Waals surface area contributed by atoms with Gasteiger partial charge in [0.25, 0.3) is 0 Å². The fourth-order valence-electron chi connectivity index (χ4n) is 2.99. The number of nitrogens with one attached hydrogen (secondary N) is 3. The fraction of sp³-hybridized carbons (Fsp3) is 0.692. The molecule has 2 fully saturated rings. The molecule has 3 heterocycles. The van der Waals surface area contributed by atoms with Crippen molar-refractivity contribution in [1.82, 2.24) is 25.7 Å². The minimum absolute atomic E-state index is 0.430. The Hall–Kier alpha value is -1.15. The number of hydrogen-bond acceptors (Lipinski definition) is 7. The van der Waals surface area contributed by atoms with Crippen LogP contribution in [0.4, 0.5) is 11.5 Å². The van der Waals surface area contributed by atoms with Crippen molar-refractivity contribution in [1.29, 1.82) is 0 Å². The van der Waals surface area contributed by atoms with Gasteiger partial charge in [0, 0.05) is 39.3 Å². The molecule has 3 N–H and O–H groups in total. The van der Waals surface area contributed by atoms with Gasteiger partial charge in [0.05, 0.1) is 6.17 Å². The minimum Gasteiger partial charge on any atom is -0.383 e. The van der Waals surface area contributed by atoms with Crippen molar-refractivity contribution in [3.63, 3.8) is 0 Å². The molecule has 2 aliphatic heterocycles. The van der Waals surface area contributed by atoms with E-state index in [4.69, 9.17) is 11.6 Å². The van der Waals surface area contributed by atoms with Gasteiger partial charge in [-0.2, -0.15) is 0 Å². The maximum atomic E-state index is 6.13. The Balaban J connectivity index is 1.65. The van der Waals surface area contributed by atoms with Crippen LogP contribution in [0.5, 0.6) is 0 Å². The molecule has 0 saturated carbocycles. The van der Waals surface area contributed by atoms with Gasteiger partial charge in [0.15, 0.2) is 11.0 Å². The van der Waals surface area contributed by atoms with E-state index >= 15 is 0 Å². The predicted molar refractivity (Wildman–Crippen MR) is 84.5 cm³/mol. The maximum absolute atomic E-state index is 6.13. The van der Waals surface area contributed by atoms with Crippen LogP contribution in [0.25, 0.3) is 0 Å². The molecule has 0 spiro atoms. The van der Waals surface area contributed by atoms with Crippen LogP contribution >= 0.6 is 11.6 Å². The van der Waals surface area contributed by atoms with Crippen molar-refractivity contribution in [3.05, 3.63) is 11.5 Å². The predicted octanol–water partition coefficient (Wildman–Crippen LogP) is 0.506. The van der Waals surface area contributed by atoms with Gasteiger partial charge in [-0.1, -0.05) is 11.6 Å². The molecule has 0 amide bonds. The highest BCUT2D eigenvalue weighted by Gasteiger charge is 2.29. The number of hydrazine groups is 1. The van der Waals surface area contributed by atoms with Crippen LogP contribution in [0, 0.1) is 0 Å². The second-order valence-corrected chi connectivity index (χ2v) is 5.94. The zero-order valence-electron chi connectivity index (χ0n) is 12.4. The summed E-state index contributed by atoms with van der Waals surface area (Å²) in [6.07, 6.45) is 3.09. The van der Waals surface area contributed by atoms with E-state index in [-0.39, 0.29) is 0 Å². The Bertz CT molecular complexity index is 489. The van der Waals surface area contributed by atoms with Crippen LogP contribution in [0.3, 0.4) is 0 Å². The summed E-state index contributed by atoms with van der Waals surface area (Å²) in [5, 5.41) is 3.57. The largest absolute Gasteiger partial charge is 0.383 e. The Morgan fingerprint density at radius 1 is 1.24 bits per heavy atom. The highest BCUT2D eigenvalue weighted by molar-refractivity contribution is 6.32. The first-order valence-corrected chi connectivity index (χ1v) is 7.75. The third-order valence-corrected chi connectivity index (χ3v) is 4.45. The number of hydrogen-bond donors (Lipinski definition) is 3. The minimum atomic E-state index is 0.430. The van der Waals surface area contributed by atoms with Gasteiger partial charge in [-0.15, -0.1) is 0 Å². The van der Waals surface area contributed by atoms with Gasteiger partial charge < -0.3 is 10.2 Å². The van der Waals surface area contributed by atoms with Crippen molar-refractivity contribution >= 4 is 23.1 Å². The molecule has 2 atom stereocenters. The number of anilines is 2. The van der Waals surface area contributed by atoms with Crippen molar-refractivity contribution in [2.24, 2.45) is 0 Å². The Morgan fingerprint density at radius 2 is 2.00 bits per heavy atom. The van der Waals surface area contributed by atoms with E-state index in [0.717, 1.165) is 44.1 Å². The van der Waals surface area contributed by atoms with Crippen molar-refractivity contribution in [2.45, 2.75) is 25.6 Å². The summed E-state index contributed by atoms with van der Waals surface area (Å²) in [6.45, 7) is 6.10. The third kappa shape index (κ3) is 3.06. The second-order valence-electron chi connectivity index (χ2n) is 5.58. The molecule has 2 aliphatic rings. The molecule has 21 heavy (non-hydrogen) atoms. The molecule has 116 valence electrons. The van der Waals surface area contributed by atoms with E-state index in [9.17, 15) is 0 Å². The summed E-state index contributed by atoms with van der Waals surface area (Å²) in [6, 6.07) is 0.532. The highest BCUT2D eigenvalue weighted by Crippen LogP contribution is 2.29. The van der Waals surface area contributed by atoms with E-state index in [1.54, 1.807) is 0 Å². The van der Waals surface area contributed by atoms with E-state index < -0.39 is 0 Å². The second kappa shape index (κ2) is 6.31. The van der Waals surface area contributed by atoms with Crippen LogP contribution in [0.1, 0.15) is 13.3 Å². The summed E-state index contributed by atoms with van der Waals surface area (Å²) < 4.78 is 0. The average Bonchev–Trinajstić information content (AvgIpc) is 2.94. The molecule has 3 rings (SSSR count). The standard InChI is InChI=1S/C13H22ClN7/c1-9-7-10(19-18-9)20-3-5-21(6-4-20)13-11(15-2)12(14)16-8-17-13/h8-10,15,18-19H,3-7H2,1-2H3. The average molecular weight is 312 g/mol. The van der Waals surface area contributed by atoms with Crippen molar-refractivity contribution < 1.29 is 0 Å². The third-order valence-electron chi connectivity index (χ3n) is 4.16. The summed E-state index contributed by atoms with van der Waals surface area (Å²) >= 11 is 6.13. The smallest absolute Gasteiger partial charge is 0.157 e. The first kappa shape index (κ1) is 14.8. The van der Waals surface area contributed by atoms with E-state index in [1.807, 2.05) is 7.05 Å². The lowest BCUT2D eigenvalue weighted by molar-refractivity contribution is 0.166. The van der Waals surface area contributed by atoms with E-state index in [2.05, 4.69) is 42.9 Å². The topological polar surface area (TPSA) is 68.4 Å². The van der Waals surface area contributed by atoms with Crippen molar-refractivity contribution in [2.75, 3.05) is 43.4 Å². The normalized spacial score (nSPS) is 27.1. The van der Waals surface area contributed by atoms with Crippen LogP contribution in [0.2, 0.25) is 5.15 Å². The molecule has 1 aromatic heterocycles. The van der Waals surface area contributed by atoms with Crippen LogP contribution in [-0.4, -0.2) is 60.3 Å². The molecular formula is C13H22ClN7. The van der Waals surface area contributed by atoms with Crippen molar-refractivity contribution in [3.8, 4) is 0 Å². The molecule has 2 saturated heterocycles. The summed E-state index contributed by atoms with van der Waals surface area (Å²) in [4.78, 5) is 13.2. The number of piperazine rings is 1. The molecular weight excluding hydrogens is 290 g/mol. The molecule has 8 heteroatoms. The fourth-order valence-corrected chi connectivity index (χ4v) is 3.21. The van der Waals surface area contributed by atoms with Gasteiger partial charge in [-0.3, -0.25) is 10.3 Å². The van der Waals surface area contributed by atoms with E-state index in [1.165, 1.54) is 6.33 Å². The quantitative estimate of drug-likeness (QED) is 0.703. The lowest BCUT2D eigenvalue weighted by atomic mass is 10.2. The number of nitrogens with zero attached hydrogens (tertiary/aromatic N) is 4. The van der Waals surface area contributed by atoms with Crippen LogP contribution in [0.15, 0.2) is 6.33 Å². The Morgan fingerprint density at radius 3 is 2.62 bits per heavy atom. The van der Waals surface area contributed by atoms with Gasteiger partial charge in [-0.05, 0) is 13.3 Å². The summed E-state index contributed by atoms with van der Waals surface area (Å²) in [5.74, 6) is 0.892.